The smallest absolute Gasteiger partial charge is 0.385 e. The Kier molecular flexibility index (Phi) is 12.6. The van der Waals surface area contributed by atoms with Gasteiger partial charge in [0.25, 0.3) is 0 Å². The largest absolute Gasteiger partial charge is 2.00 e. The van der Waals surface area contributed by atoms with Gasteiger partial charge in [-0.05, 0) is 13.5 Å². The maximum Gasteiger partial charge on any atom is 2.00 e. The second kappa shape index (κ2) is 12.9. The quantitative estimate of drug-likeness (QED) is 0.567. The molecule has 2 rings (SSSR count). The number of nitrogens with zero attached hydrogens (tertiary/aromatic N) is 3. The van der Waals surface area contributed by atoms with Crippen LogP contribution in [-0.4, -0.2) is 28.6 Å². The van der Waals surface area contributed by atoms with Gasteiger partial charge in [-0.15, -0.1) is 5.10 Å². The molecule has 120 valence electrons. The van der Waals surface area contributed by atoms with Crippen molar-refractivity contribution >= 4 is 0 Å². The maximum atomic E-state index is 9.58. The van der Waals surface area contributed by atoms with Crippen molar-refractivity contribution in [1.82, 2.24) is 20.3 Å². The molecule has 0 amide bonds. The van der Waals surface area contributed by atoms with E-state index < -0.39 is 6.68 Å². The van der Waals surface area contributed by atoms with Gasteiger partial charge in [-0.25, -0.2) is 12.2 Å². The third-order valence-corrected chi connectivity index (χ3v) is 2.95. The van der Waals surface area contributed by atoms with Gasteiger partial charge in [0.2, 0.25) is 0 Å². The molecule has 22 heavy (non-hydrogen) atoms. The molecule has 0 fully saturated rings. The van der Waals surface area contributed by atoms with Crippen molar-refractivity contribution in [3.63, 3.8) is 0 Å². The van der Waals surface area contributed by atoms with Crippen LogP contribution in [0.3, 0.4) is 0 Å². The summed E-state index contributed by atoms with van der Waals surface area (Å²) in [6, 6.07) is 0. The number of hydrogen-bond acceptors (Lipinski definition) is 3. The van der Waals surface area contributed by atoms with E-state index in [-0.39, 0.29) is 31.1 Å². The fraction of sp³-hybridized carbons (Fsp3) is 0.500. The molecular weight excluding hydrogens is 519 g/mol. The van der Waals surface area contributed by atoms with Gasteiger partial charge < -0.3 is 18.5 Å². The van der Waals surface area contributed by atoms with E-state index >= 15 is 0 Å². The Balaban J connectivity index is 0.000000791. The van der Waals surface area contributed by atoms with E-state index in [9.17, 15) is 13.2 Å². The van der Waals surface area contributed by atoms with Crippen LogP contribution in [0.15, 0.2) is 24.4 Å². The van der Waals surface area contributed by atoms with Crippen LogP contribution in [0, 0.1) is 49.8 Å². The molecule has 0 radical (unpaired) electrons. The fourth-order valence-electron chi connectivity index (χ4n) is 1.89. The van der Waals surface area contributed by atoms with Crippen molar-refractivity contribution in [2.24, 2.45) is 5.92 Å². The Bertz CT molecular complexity index is 446. The van der Waals surface area contributed by atoms with Crippen molar-refractivity contribution in [1.29, 1.82) is 0 Å². The normalized spacial score (nSPS) is 16.1. The molecule has 0 bridgehead atoms. The van der Waals surface area contributed by atoms with E-state index in [4.69, 9.17) is 0 Å². The number of hydrogen-bond donors (Lipinski definition) is 1. The predicted molar refractivity (Wildman–Crippen MR) is 73.9 cm³/mol. The second-order valence-electron chi connectivity index (χ2n) is 4.56. The van der Waals surface area contributed by atoms with E-state index in [1.54, 1.807) is 0 Å². The van der Waals surface area contributed by atoms with Gasteiger partial charge in [-0.2, -0.15) is 6.08 Å². The van der Waals surface area contributed by atoms with Gasteiger partial charge in [0.1, 0.15) is 0 Å². The van der Waals surface area contributed by atoms with Crippen molar-refractivity contribution < 1.29 is 44.3 Å². The third kappa shape index (κ3) is 10.2. The Hall–Kier alpha value is -0.578. The summed E-state index contributed by atoms with van der Waals surface area (Å²) in [6.07, 6.45) is 14.6. The standard InChI is InChI=1S/C13H19N4.CF3.U/c1-14-9-7-13-11-17(16-15-13)10-8-12-5-3-2-4-6-12;2-1(3)4;/h3-5,11-12,14H,6-10H2,1H3;;/q2*-1;+2. The first kappa shape index (κ1) is 21.4. The van der Waals surface area contributed by atoms with Crippen LogP contribution in [0.25, 0.3) is 0 Å². The van der Waals surface area contributed by atoms with Crippen LogP contribution >= 0.6 is 0 Å². The van der Waals surface area contributed by atoms with Gasteiger partial charge in [0, 0.05) is 25.7 Å². The number of aromatic nitrogens is 3. The first-order valence-electron chi connectivity index (χ1n) is 6.73. The zero-order chi connectivity index (χ0) is 15.5. The fourth-order valence-corrected chi connectivity index (χ4v) is 1.89. The van der Waals surface area contributed by atoms with E-state index in [0.29, 0.717) is 5.92 Å². The summed E-state index contributed by atoms with van der Waals surface area (Å²) in [5.41, 5.74) is 1.06. The first-order chi connectivity index (χ1) is 10.1. The van der Waals surface area contributed by atoms with Gasteiger partial charge in [0.15, 0.2) is 6.68 Å². The number of rotatable bonds is 6. The molecule has 1 aromatic rings. The number of halogens is 3. The van der Waals surface area contributed by atoms with Crippen LogP contribution in [0.4, 0.5) is 13.2 Å². The number of allylic oxidation sites excluding steroid dienone is 4. The molecule has 4 nitrogen and oxygen atoms in total. The minimum absolute atomic E-state index is 0. The van der Waals surface area contributed by atoms with Gasteiger partial charge in [0.05, 0.1) is 5.69 Å². The molecule has 1 atom stereocenters. The van der Waals surface area contributed by atoms with Gasteiger partial charge in [-0.1, -0.05) is 17.6 Å². The van der Waals surface area contributed by atoms with E-state index in [1.165, 1.54) is 0 Å². The maximum absolute atomic E-state index is 9.58. The Morgan fingerprint density at radius 1 is 1.45 bits per heavy atom. The second-order valence-corrected chi connectivity index (χ2v) is 4.56. The topological polar surface area (TPSA) is 42.7 Å². The van der Waals surface area contributed by atoms with Crippen LogP contribution < -0.4 is 5.32 Å². The summed E-state index contributed by atoms with van der Waals surface area (Å²) in [5, 5.41) is 11.4. The number of nitrogens with one attached hydrogen (secondary N) is 1. The van der Waals surface area contributed by atoms with Crippen LogP contribution in [-0.2, 0) is 13.0 Å². The van der Waals surface area contributed by atoms with E-state index in [1.807, 2.05) is 24.0 Å². The SMILES string of the molecule is CNCCc1cn(CCC2C=C[C-]=CC2)nn1.F[C-](F)F.[U+2]. The molecule has 1 aliphatic carbocycles. The monoisotopic (exact) mass is 538 g/mol. The summed E-state index contributed by atoms with van der Waals surface area (Å²) in [4.78, 5) is 0. The third-order valence-electron chi connectivity index (χ3n) is 2.95. The molecule has 1 heterocycles. The van der Waals surface area contributed by atoms with Crippen LogP contribution in [0.1, 0.15) is 18.5 Å². The minimum atomic E-state index is -3.08. The zero-order valence-corrected chi connectivity index (χ0v) is 16.6. The Morgan fingerprint density at radius 2 is 2.18 bits per heavy atom. The van der Waals surface area contributed by atoms with Crippen LogP contribution in [0.5, 0.6) is 0 Å². The summed E-state index contributed by atoms with van der Waals surface area (Å²) < 4.78 is 30.7. The van der Waals surface area contributed by atoms with Crippen LogP contribution in [0.2, 0.25) is 0 Å². The summed E-state index contributed by atoms with van der Waals surface area (Å²) >= 11 is 0. The average molecular weight is 538 g/mol. The van der Waals surface area contributed by atoms with Gasteiger partial charge in [-0.3, -0.25) is 10.8 Å². The molecule has 0 saturated heterocycles. The van der Waals surface area contributed by atoms with Crippen molar-refractivity contribution in [2.45, 2.75) is 25.8 Å². The molecule has 0 aliphatic heterocycles. The van der Waals surface area contributed by atoms with Crippen molar-refractivity contribution in [3.05, 3.63) is 42.9 Å². The molecule has 0 aromatic carbocycles. The molecule has 8 heteroatoms. The molecule has 0 spiro atoms. The minimum Gasteiger partial charge on any atom is -0.385 e. The summed E-state index contributed by atoms with van der Waals surface area (Å²) in [7, 11) is 1.95. The molecule has 0 saturated carbocycles. The summed E-state index contributed by atoms with van der Waals surface area (Å²) in [6.45, 7) is -1.19. The van der Waals surface area contributed by atoms with Crippen molar-refractivity contribution in [3.8, 4) is 0 Å². The average Bonchev–Trinajstić information content (AvgIpc) is 2.91. The number of likely N-dealkylation sites (N-methyl/N-ethyl adjacent to an activating group) is 1. The molecule has 1 aromatic heterocycles. The Labute approximate surface area is 152 Å². The zero-order valence-electron chi connectivity index (χ0n) is 12.4. The molecule has 1 unspecified atom stereocenters. The molecular formula is C14H19F3N4U. The molecule has 1 N–H and O–H groups in total. The first-order valence-corrected chi connectivity index (χ1v) is 6.73. The predicted octanol–water partition coefficient (Wildman–Crippen LogP) is 2.71. The van der Waals surface area contributed by atoms with E-state index in [2.05, 4.69) is 33.9 Å². The van der Waals surface area contributed by atoms with Gasteiger partial charge >= 0.3 is 31.1 Å². The summed E-state index contributed by atoms with van der Waals surface area (Å²) in [5.74, 6) is 0.626. The number of aryl methyl sites for hydroxylation is 1. The molecule has 1 aliphatic rings. The Morgan fingerprint density at radius 3 is 2.77 bits per heavy atom. The van der Waals surface area contributed by atoms with Crippen molar-refractivity contribution in [2.75, 3.05) is 13.6 Å². The van der Waals surface area contributed by atoms with E-state index in [0.717, 1.165) is 38.0 Å².